The highest BCUT2D eigenvalue weighted by molar-refractivity contribution is 5.38. The molecule has 3 nitrogen and oxygen atoms in total. The van der Waals surface area contributed by atoms with Crippen molar-refractivity contribution in [3.05, 3.63) is 114 Å². The van der Waals surface area contributed by atoms with Crippen LogP contribution < -0.4 is 4.74 Å². The van der Waals surface area contributed by atoms with Crippen molar-refractivity contribution in [3.63, 3.8) is 0 Å². The number of nitrogens with zero attached hydrogens (tertiary/aromatic N) is 1. The summed E-state index contributed by atoms with van der Waals surface area (Å²) in [6.45, 7) is 7.07. The van der Waals surface area contributed by atoms with E-state index in [0.29, 0.717) is 12.5 Å². The molecule has 3 heteroatoms. The zero-order valence-electron chi connectivity index (χ0n) is 18.0. The van der Waals surface area contributed by atoms with Gasteiger partial charge >= 0.3 is 0 Å². The van der Waals surface area contributed by atoms with Crippen molar-refractivity contribution in [2.45, 2.75) is 38.7 Å². The molecule has 1 aliphatic rings. The third-order valence-electron chi connectivity index (χ3n) is 5.51. The minimum absolute atomic E-state index is 0.271. The van der Waals surface area contributed by atoms with E-state index in [-0.39, 0.29) is 5.92 Å². The summed E-state index contributed by atoms with van der Waals surface area (Å²) < 4.78 is 12.1. The molecular formula is C28H29NO2. The van der Waals surface area contributed by atoms with E-state index in [1.54, 1.807) is 0 Å². The largest absolute Gasteiger partial charge is 0.489 e. The first-order valence-electron chi connectivity index (χ1n) is 11.0. The molecule has 0 amide bonds. The lowest BCUT2D eigenvalue weighted by molar-refractivity contribution is 0.202. The van der Waals surface area contributed by atoms with Crippen LogP contribution in [0.4, 0.5) is 0 Å². The number of aromatic nitrogens is 1. The third-order valence-corrected chi connectivity index (χ3v) is 5.51. The Hall–Kier alpha value is -3.33. The number of hydrogen-bond acceptors (Lipinski definition) is 3. The normalized spacial score (nSPS) is 14.7. The molecular weight excluding hydrogens is 382 g/mol. The summed E-state index contributed by atoms with van der Waals surface area (Å²) in [6.07, 6.45) is 9.30. The fourth-order valence-corrected chi connectivity index (χ4v) is 3.81. The van der Waals surface area contributed by atoms with Gasteiger partial charge in [-0.15, -0.1) is 0 Å². The van der Waals surface area contributed by atoms with E-state index in [0.717, 1.165) is 34.8 Å². The van der Waals surface area contributed by atoms with E-state index >= 15 is 0 Å². The second kappa shape index (κ2) is 10.1. The molecule has 1 aliphatic carbocycles. The van der Waals surface area contributed by atoms with Gasteiger partial charge in [0.2, 0.25) is 0 Å². The maximum atomic E-state index is 6.27. The standard InChI is InChI=1S/C28H29NO2/c1-3-8-27(21(2)28(23-14-15-23)24-9-7-18-29-19-24)30-20-22-12-16-26(17-13-22)31-25-10-5-4-6-11-25/h4-13,16-19,23,28H,2-3,14-15,20H2,1H3/b27-8-. The van der Waals surface area contributed by atoms with E-state index < -0.39 is 0 Å². The van der Waals surface area contributed by atoms with Gasteiger partial charge in [0.15, 0.2) is 0 Å². The lowest BCUT2D eigenvalue weighted by atomic mass is 9.87. The van der Waals surface area contributed by atoms with Gasteiger partial charge in [0.1, 0.15) is 23.9 Å². The monoisotopic (exact) mass is 411 g/mol. The van der Waals surface area contributed by atoms with Gasteiger partial charge in [-0.2, -0.15) is 0 Å². The molecule has 0 N–H and O–H groups in total. The number of benzene rings is 2. The Morgan fingerprint density at radius 1 is 1.03 bits per heavy atom. The Kier molecular flexibility index (Phi) is 6.83. The Bertz CT molecular complexity index is 1010. The number of pyridine rings is 1. The quantitative estimate of drug-likeness (QED) is 0.257. The summed E-state index contributed by atoms with van der Waals surface area (Å²) in [6, 6.07) is 22.0. The predicted octanol–water partition coefficient (Wildman–Crippen LogP) is 7.43. The molecule has 2 aromatic carbocycles. The molecule has 3 aromatic rings. The highest BCUT2D eigenvalue weighted by atomic mass is 16.5. The summed E-state index contributed by atoms with van der Waals surface area (Å²) in [7, 11) is 0. The van der Waals surface area contributed by atoms with Crippen LogP contribution in [0.2, 0.25) is 0 Å². The summed E-state index contributed by atoms with van der Waals surface area (Å²) in [5.74, 6) is 3.45. The minimum atomic E-state index is 0.271. The van der Waals surface area contributed by atoms with Crippen LogP contribution >= 0.6 is 0 Å². The first kappa shape index (κ1) is 20.9. The van der Waals surface area contributed by atoms with Crippen molar-refractivity contribution in [2.75, 3.05) is 0 Å². The van der Waals surface area contributed by atoms with Crippen LogP contribution in [-0.4, -0.2) is 4.98 Å². The highest BCUT2D eigenvalue weighted by Crippen LogP contribution is 2.47. The number of ether oxygens (including phenoxy) is 2. The summed E-state index contributed by atoms with van der Waals surface area (Å²) in [5, 5.41) is 0. The second-order valence-electron chi connectivity index (χ2n) is 7.95. The molecule has 1 unspecified atom stereocenters. The highest BCUT2D eigenvalue weighted by Gasteiger charge is 2.35. The second-order valence-corrected chi connectivity index (χ2v) is 7.95. The number of allylic oxidation sites excluding steroid dienone is 2. The predicted molar refractivity (Wildman–Crippen MR) is 125 cm³/mol. The first-order valence-corrected chi connectivity index (χ1v) is 11.0. The minimum Gasteiger partial charge on any atom is -0.489 e. The van der Waals surface area contributed by atoms with Crippen LogP contribution in [0.15, 0.2) is 103 Å². The smallest absolute Gasteiger partial charge is 0.127 e. The van der Waals surface area contributed by atoms with Crippen LogP contribution in [0.5, 0.6) is 11.5 Å². The Morgan fingerprint density at radius 2 is 1.77 bits per heavy atom. The topological polar surface area (TPSA) is 31.4 Å². The van der Waals surface area contributed by atoms with Crippen molar-refractivity contribution in [1.82, 2.24) is 4.98 Å². The fourth-order valence-electron chi connectivity index (χ4n) is 3.81. The molecule has 0 saturated heterocycles. The van der Waals surface area contributed by atoms with Crippen LogP contribution in [0.1, 0.15) is 43.2 Å². The SMILES string of the molecule is C=C(/C(=C/CC)OCc1ccc(Oc2ccccc2)cc1)C(c1cccnc1)C1CC1. The van der Waals surface area contributed by atoms with Crippen LogP contribution in [0.25, 0.3) is 0 Å². The maximum Gasteiger partial charge on any atom is 0.127 e. The number of rotatable bonds is 10. The Morgan fingerprint density at radius 3 is 2.42 bits per heavy atom. The van der Waals surface area contributed by atoms with Gasteiger partial charge < -0.3 is 9.47 Å². The molecule has 1 heterocycles. The maximum absolute atomic E-state index is 6.27. The molecule has 0 bridgehead atoms. The van der Waals surface area contributed by atoms with Gasteiger partial charge in [-0.3, -0.25) is 4.98 Å². The zero-order chi connectivity index (χ0) is 21.5. The molecule has 4 rings (SSSR count). The van der Waals surface area contributed by atoms with Crippen molar-refractivity contribution in [3.8, 4) is 11.5 Å². The van der Waals surface area contributed by atoms with Gasteiger partial charge in [-0.25, -0.2) is 0 Å². The van der Waals surface area contributed by atoms with Crippen molar-refractivity contribution >= 4 is 0 Å². The average molecular weight is 412 g/mol. The van der Waals surface area contributed by atoms with Crippen LogP contribution in [0, 0.1) is 5.92 Å². The molecule has 158 valence electrons. The fraction of sp³-hybridized carbons (Fsp3) is 0.250. The van der Waals surface area contributed by atoms with Gasteiger partial charge in [0, 0.05) is 18.3 Å². The average Bonchev–Trinajstić information content (AvgIpc) is 3.64. The van der Waals surface area contributed by atoms with Crippen molar-refractivity contribution in [1.29, 1.82) is 0 Å². The molecule has 1 saturated carbocycles. The van der Waals surface area contributed by atoms with Gasteiger partial charge in [0.25, 0.3) is 0 Å². The lowest BCUT2D eigenvalue weighted by Gasteiger charge is -2.22. The van der Waals surface area contributed by atoms with Gasteiger partial charge in [-0.05, 0) is 78.3 Å². The van der Waals surface area contributed by atoms with Gasteiger partial charge in [-0.1, -0.05) is 49.9 Å². The van der Waals surface area contributed by atoms with Crippen molar-refractivity contribution < 1.29 is 9.47 Å². The molecule has 0 aliphatic heterocycles. The van der Waals surface area contributed by atoms with E-state index in [4.69, 9.17) is 9.47 Å². The Balaban J connectivity index is 1.41. The summed E-state index contributed by atoms with van der Waals surface area (Å²) in [5.41, 5.74) is 3.38. The molecule has 1 atom stereocenters. The van der Waals surface area contributed by atoms with E-state index in [1.807, 2.05) is 73.1 Å². The van der Waals surface area contributed by atoms with Gasteiger partial charge in [0.05, 0.1) is 0 Å². The first-order chi connectivity index (χ1) is 15.2. The lowest BCUT2D eigenvalue weighted by Crippen LogP contribution is -2.09. The van der Waals surface area contributed by atoms with Crippen molar-refractivity contribution in [2.24, 2.45) is 5.92 Å². The molecule has 31 heavy (non-hydrogen) atoms. The van der Waals surface area contributed by atoms with E-state index in [1.165, 1.54) is 18.4 Å². The van der Waals surface area contributed by atoms with E-state index in [2.05, 4.69) is 30.6 Å². The Labute approximate surface area is 185 Å². The van der Waals surface area contributed by atoms with Crippen LogP contribution in [0.3, 0.4) is 0 Å². The molecule has 0 spiro atoms. The molecule has 1 fully saturated rings. The summed E-state index contributed by atoms with van der Waals surface area (Å²) in [4.78, 5) is 4.32. The van der Waals surface area contributed by atoms with E-state index in [9.17, 15) is 0 Å². The molecule has 1 aromatic heterocycles. The van der Waals surface area contributed by atoms with Crippen LogP contribution in [-0.2, 0) is 11.3 Å². The number of para-hydroxylation sites is 1. The summed E-state index contributed by atoms with van der Waals surface area (Å²) >= 11 is 0. The molecule has 0 radical (unpaired) electrons. The number of hydrogen-bond donors (Lipinski definition) is 0. The third kappa shape index (κ3) is 5.64. The zero-order valence-corrected chi connectivity index (χ0v) is 18.0.